The van der Waals surface area contributed by atoms with Crippen LogP contribution in [0.1, 0.15) is 274 Å². The van der Waals surface area contributed by atoms with Crippen LogP contribution >= 0.6 is 0 Å². The lowest BCUT2D eigenvalue weighted by Gasteiger charge is -2.26. The smallest absolute Gasteiger partial charge is 0.0842 e. The van der Waals surface area contributed by atoms with Gasteiger partial charge in [-0.2, -0.15) is 0 Å². The molecule has 0 radical (unpaired) electrons. The third kappa shape index (κ3) is 38.7. The van der Waals surface area contributed by atoms with Gasteiger partial charge in [0.1, 0.15) is 0 Å². The SMILES string of the molecule is CC.CC(CCCCCCCCCCCCCCCCCCC1CCC(C)OC1)CCOC(C)C.CCCCCCCCCCCC1OC1CCC(C)C. The highest BCUT2D eigenvalue weighted by Gasteiger charge is 2.37. The summed E-state index contributed by atoms with van der Waals surface area (Å²) in [6.45, 7) is 21.7. The van der Waals surface area contributed by atoms with E-state index in [1.54, 1.807) is 0 Å². The minimum Gasteiger partial charge on any atom is -0.379 e. The van der Waals surface area contributed by atoms with Crippen LogP contribution in [0.15, 0.2) is 0 Å². The Kier molecular flexibility index (Phi) is 41.0. The molecule has 0 aromatic rings. The minimum atomic E-state index is 0.383. The Morgan fingerprint density at radius 3 is 1.39 bits per heavy atom. The van der Waals surface area contributed by atoms with Gasteiger partial charge >= 0.3 is 0 Å². The van der Waals surface area contributed by atoms with E-state index in [9.17, 15) is 0 Å². The molecule has 0 bridgehead atoms. The Morgan fingerprint density at radius 2 is 0.944 bits per heavy atom. The summed E-state index contributed by atoms with van der Waals surface area (Å²) in [6.07, 6.45) is 48.9. The van der Waals surface area contributed by atoms with Crippen molar-refractivity contribution in [1.29, 1.82) is 0 Å². The van der Waals surface area contributed by atoms with Crippen molar-refractivity contribution in [3.8, 4) is 0 Å². The highest BCUT2D eigenvalue weighted by molar-refractivity contribution is 4.84. The second kappa shape index (κ2) is 41.1. The van der Waals surface area contributed by atoms with Crippen LogP contribution in [-0.4, -0.2) is 37.6 Å². The van der Waals surface area contributed by atoms with Gasteiger partial charge in [-0.05, 0) is 83.5 Å². The fourth-order valence-corrected chi connectivity index (χ4v) is 8.06. The molecule has 0 amide bonds. The first-order chi connectivity index (χ1) is 26.3. The number of unbranched alkanes of at least 4 members (excludes halogenated alkanes) is 23. The molecule has 0 aliphatic carbocycles. The van der Waals surface area contributed by atoms with E-state index in [1.807, 2.05) is 13.8 Å². The number of rotatable bonds is 36. The summed E-state index contributed by atoms with van der Waals surface area (Å²) in [5.74, 6) is 2.52. The van der Waals surface area contributed by atoms with Gasteiger partial charge in [-0.15, -0.1) is 0 Å². The molecule has 2 fully saturated rings. The summed E-state index contributed by atoms with van der Waals surface area (Å²) in [6, 6.07) is 0. The predicted octanol–water partition coefficient (Wildman–Crippen LogP) is 17.4. The van der Waals surface area contributed by atoms with Crippen molar-refractivity contribution in [2.75, 3.05) is 13.2 Å². The lowest BCUT2D eigenvalue weighted by Crippen LogP contribution is -2.23. The van der Waals surface area contributed by atoms with Gasteiger partial charge in [0, 0.05) is 13.2 Å². The molecule has 0 N–H and O–H groups in total. The van der Waals surface area contributed by atoms with E-state index in [-0.39, 0.29) is 0 Å². The van der Waals surface area contributed by atoms with E-state index < -0.39 is 0 Å². The quantitative estimate of drug-likeness (QED) is 0.0470. The van der Waals surface area contributed by atoms with Gasteiger partial charge in [-0.3, -0.25) is 0 Å². The third-order valence-corrected chi connectivity index (χ3v) is 12.0. The van der Waals surface area contributed by atoms with E-state index in [2.05, 4.69) is 48.5 Å². The molecule has 5 atom stereocenters. The number of hydrogen-bond donors (Lipinski definition) is 0. The van der Waals surface area contributed by atoms with Gasteiger partial charge in [0.05, 0.1) is 24.4 Å². The van der Waals surface area contributed by atoms with Crippen LogP contribution < -0.4 is 0 Å². The maximum Gasteiger partial charge on any atom is 0.0842 e. The van der Waals surface area contributed by atoms with Gasteiger partial charge in [0.2, 0.25) is 0 Å². The maximum absolute atomic E-state index is 5.79. The van der Waals surface area contributed by atoms with E-state index >= 15 is 0 Å². The second-order valence-corrected chi connectivity index (χ2v) is 18.4. The topological polar surface area (TPSA) is 31.0 Å². The Labute approximate surface area is 342 Å². The Bertz CT molecular complexity index is 699. The van der Waals surface area contributed by atoms with Crippen molar-refractivity contribution in [2.24, 2.45) is 17.8 Å². The van der Waals surface area contributed by atoms with Crippen LogP contribution in [0.25, 0.3) is 0 Å². The zero-order valence-electron chi connectivity index (χ0n) is 39.0. The van der Waals surface area contributed by atoms with E-state index in [0.29, 0.717) is 24.4 Å². The van der Waals surface area contributed by atoms with Crippen molar-refractivity contribution in [3.63, 3.8) is 0 Å². The van der Waals surface area contributed by atoms with Crippen molar-refractivity contribution in [1.82, 2.24) is 0 Å². The normalized spacial score (nSPS) is 20.1. The molecule has 0 spiro atoms. The summed E-state index contributed by atoms with van der Waals surface area (Å²) in [5.41, 5.74) is 0. The molecule has 2 rings (SSSR count). The lowest BCUT2D eigenvalue weighted by atomic mass is 9.93. The Balaban J connectivity index is 0.00000113. The lowest BCUT2D eigenvalue weighted by molar-refractivity contribution is -0.00768. The van der Waals surface area contributed by atoms with Crippen molar-refractivity contribution < 1.29 is 14.2 Å². The average molecular weight is 765 g/mol. The van der Waals surface area contributed by atoms with Crippen molar-refractivity contribution in [3.05, 3.63) is 0 Å². The summed E-state index contributed by atoms with van der Waals surface area (Å²) < 4.78 is 17.2. The number of hydrogen-bond acceptors (Lipinski definition) is 3. The molecule has 2 heterocycles. The van der Waals surface area contributed by atoms with E-state index in [1.165, 1.54) is 212 Å². The van der Waals surface area contributed by atoms with E-state index in [0.717, 1.165) is 31.0 Å². The van der Waals surface area contributed by atoms with Crippen molar-refractivity contribution in [2.45, 2.75) is 299 Å². The Hall–Kier alpha value is -0.120. The van der Waals surface area contributed by atoms with Crippen LogP contribution in [0, 0.1) is 17.8 Å². The standard InChI is InChI=1S/C31H62O2.C18H36O.C2H6/c1-28(2)32-26-25-29(3)21-19-17-15-13-11-9-7-5-6-8-10-12-14-16-18-20-22-31-24-23-30(4)33-27-31;1-4-5-6-7-8-9-10-11-12-13-17-18(19-17)15-14-16(2)3;1-2/h28-31H,5-27H2,1-4H3;16-18H,4-15H2,1-3H3;1-2H3. The molecule has 5 unspecified atom stereocenters. The molecule has 3 heteroatoms. The summed E-state index contributed by atoms with van der Waals surface area (Å²) in [7, 11) is 0. The molecule has 0 saturated carbocycles. The number of ether oxygens (including phenoxy) is 3. The first kappa shape index (κ1) is 53.9. The molecule has 326 valence electrons. The van der Waals surface area contributed by atoms with Crippen molar-refractivity contribution >= 4 is 0 Å². The molecular weight excluding hydrogens is 661 g/mol. The highest BCUT2D eigenvalue weighted by Crippen LogP contribution is 2.32. The third-order valence-electron chi connectivity index (χ3n) is 12.0. The van der Waals surface area contributed by atoms with E-state index in [4.69, 9.17) is 14.2 Å². The Morgan fingerprint density at radius 1 is 0.500 bits per heavy atom. The fourth-order valence-electron chi connectivity index (χ4n) is 8.06. The molecule has 2 saturated heterocycles. The zero-order valence-corrected chi connectivity index (χ0v) is 39.0. The van der Waals surface area contributed by atoms with Gasteiger partial charge in [0.15, 0.2) is 0 Å². The molecule has 0 aromatic carbocycles. The molecule has 2 aliphatic rings. The average Bonchev–Trinajstić information content (AvgIpc) is 3.92. The maximum atomic E-state index is 5.79. The number of epoxide rings is 1. The van der Waals surface area contributed by atoms with Crippen LogP contribution in [0.4, 0.5) is 0 Å². The molecule has 0 aromatic heterocycles. The second-order valence-electron chi connectivity index (χ2n) is 18.4. The molecule has 54 heavy (non-hydrogen) atoms. The summed E-state index contributed by atoms with van der Waals surface area (Å²) in [5, 5.41) is 0. The highest BCUT2D eigenvalue weighted by atomic mass is 16.6. The van der Waals surface area contributed by atoms with Crippen LogP contribution in [0.3, 0.4) is 0 Å². The zero-order chi connectivity index (χ0) is 39.9. The summed E-state index contributed by atoms with van der Waals surface area (Å²) in [4.78, 5) is 0. The molecule has 2 aliphatic heterocycles. The van der Waals surface area contributed by atoms with Gasteiger partial charge in [-0.1, -0.05) is 208 Å². The van der Waals surface area contributed by atoms with Crippen LogP contribution in [-0.2, 0) is 14.2 Å². The van der Waals surface area contributed by atoms with Crippen LogP contribution in [0.2, 0.25) is 0 Å². The minimum absolute atomic E-state index is 0.383. The largest absolute Gasteiger partial charge is 0.379 e. The van der Waals surface area contributed by atoms with Gasteiger partial charge in [0.25, 0.3) is 0 Å². The molecule has 3 nitrogen and oxygen atoms in total. The fraction of sp³-hybridized carbons (Fsp3) is 1.00. The first-order valence-corrected chi connectivity index (χ1v) is 25.2. The molecular formula is C51H104O3. The summed E-state index contributed by atoms with van der Waals surface area (Å²) >= 11 is 0. The van der Waals surface area contributed by atoms with Gasteiger partial charge in [-0.25, -0.2) is 0 Å². The first-order valence-electron chi connectivity index (χ1n) is 25.2. The van der Waals surface area contributed by atoms with Gasteiger partial charge < -0.3 is 14.2 Å². The monoisotopic (exact) mass is 765 g/mol. The van der Waals surface area contributed by atoms with Crippen LogP contribution in [0.5, 0.6) is 0 Å². The predicted molar refractivity (Wildman–Crippen MR) is 242 cm³/mol.